The molecule has 2 atom stereocenters. The molecule has 33 heavy (non-hydrogen) atoms. The first-order valence-electron chi connectivity index (χ1n) is 11.2. The van der Waals surface area contributed by atoms with Gasteiger partial charge in [-0.1, -0.05) is 13.8 Å². The number of anilines is 1. The van der Waals surface area contributed by atoms with E-state index in [1.807, 2.05) is 11.8 Å². The average molecular weight is 473 g/mol. The van der Waals surface area contributed by atoms with Crippen molar-refractivity contribution in [3.8, 4) is 5.75 Å². The summed E-state index contributed by atoms with van der Waals surface area (Å²) in [5.41, 5.74) is 0.281. The van der Waals surface area contributed by atoms with Gasteiger partial charge in [0.1, 0.15) is 16.5 Å². The van der Waals surface area contributed by atoms with E-state index in [0.29, 0.717) is 35.3 Å². The van der Waals surface area contributed by atoms with Gasteiger partial charge < -0.3 is 14.2 Å². The fourth-order valence-corrected chi connectivity index (χ4v) is 6.18. The van der Waals surface area contributed by atoms with Crippen LogP contribution in [0.2, 0.25) is 0 Å². The van der Waals surface area contributed by atoms with Gasteiger partial charge in [-0.2, -0.15) is 0 Å². The Labute approximate surface area is 193 Å². The Bertz CT molecular complexity index is 1340. The summed E-state index contributed by atoms with van der Waals surface area (Å²) in [6.07, 6.45) is 2.46. The lowest BCUT2D eigenvalue weighted by atomic mass is 9.91. The molecule has 4 rings (SSSR count). The lowest BCUT2D eigenvalue weighted by Crippen LogP contribution is -2.39. The Kier molecular flexibility index (Phi) is 6.22. The summed E-state index contributed by atoms with van der Waals surface area (Å²) in [5.74, 6) is 0.875. The fraction of sp³-hybridized carbons (Fsp3) is 0.400. The second-order valence-corrected chi connectivity index (χ2v) is 10.9. The van der Waals surface area contributed by atoms with Crippen LogP contribution in [0.3, 0.4) is 0 Å². The smallest absolute Gasteiger partial charge is 0.211 e. The van der Waals surface area contributed by atoms with Gasteiger partial charge in [0.05, 0.1) is 28.6 Å². The molecule has 1 aromatic heterocycles. The summed E-state index contributed by atoms with van der Waals surface area (Å²) in [5, 5.41) is 0.0609. The molecular weight excluding hydrogens is 443 g/mol. The van der Waals surface area contributed by atoms with Crippen LogP contribution in [0, 0.1) is 17.7 Å². The minimum Gasteiger partial charge on any atom is -0.497 e. The Morgan fingerprint density at radius 1 is 1.09 bits per heavy atom. The number of hydrogen-bond donors (Lipinski definition) is 0. The zero-order chi connectivity index (χ0) is 23.9. The van der Waals surface area contributed by atoms with Crippen LogP contribution in [0.15, 0.2) is 57.2 Å². The van der Waals surface area contributed by atoms with Crippen molar-refractivity contribution in [1.29, 1.82) is 0 Å². The van der Waals surface area contributed by atoms with Crippen molar-refractivity contribution in [2.24, 2.45) is 11.8 Å². The van der Waals surface area contributed by atoms with Crippen LogP contribution < -0.4 is 15.1 Å². The second kappa shape index (κ2) is 8.82. The molecule has 2 aromatic carbocycles. The maximum absolute atomic E-state index is 15.3. The largest absolute Gasteiger partial charge is 0.497 e. The number of hydrogen-bond acceptors (Lipinski definition) is 5. The summed E-state index contributed by atoms with van der Waals surface area (Å²) in [6, 6.07) is 8.73. The molecule has 6 nitrogen and oxygen atoms in total. The van der Waals surface area contributed by atoms with Gasteiger partial charge in [-0.3, -0.25) is 4.79 Å². The number of pyridine rings is 1. The molecule has 8 heteroatoms. The monoisotopic (exact) mass is 472 g/mol. The van der Waals surface area contributed by atoms with E-state index >= 15 is 4.39 Å². The standard InChI is InChI=1S/C25H29FN2O4S/c1-5-27-15-24(33(30,31)19-8-6-18(32-4)7-9-19)25(29)20-11-21(26)23(12-22(20)27)28-13-16(2)10-17(3)14-28/h6-9,11-12,15-17H,5,10,13-14H2,1-4H3/t16-,17+. The molecular formula is C25H29FN2O4S. The van der Waals surface area contributed by atoms with Crippen LogP contribution in [0.1, 0.15) is 27.2 Å². The van der Waals surface area contributed by atoms with Crippen LogP contribution in [0.5, 0.6) is 5.75 Å². The Morgan fingerprint density at radius 3 is 2.30 bits per heavy atom. The highest BCUT2D eigenvalue weighted by molar-refractivity contribution is 7.91. The minimum atomic E-state index is -4.10. The highest BCUT2D eigenvalue weighted by atomic mass is 32.2. The van der Waals surface area contributed by atoms with Crippen molar-refractivity contribution in [2.75, 3.05) is 25.1 Å². The van der Waals surface area contributed by atoms with Gasteiger partial charge in [0, 0.05) is 25.8 Å². The molecule has 0 saturated carbocycles. The molecule has 0 N–H and O–H groups in total. The average Bonchev–Trinajstić information content (AvgIpc) is 2.78. The number of sulfone groups is 1. The molecule has 0 aliphatic carbocycles. The van der Waals surface area contributed by atoms with Gasteiger partial charge in [-0.05, 0) is 61.6 Å². The predicted molar refractivity (Wildman–Crippen MR) is 127 cm³/mol. The molecule has 1 aliphatic rings. The van der Waals surface area contributed by atoms with Crippen molar-refractivity contribution < 1.29 is 17.5 Å². The van der Waals surface area contributed by atoms with Gasteiger partial charge >= 0.3 is 0 Å². The highest BCUT2D eigenvalue weighted by Crippen LogP contribution is 2.31. The maximum Gasteiger partial charge on any atom is 0.211 e. The SMILES string of the molecule is CCn1cc(S(=O)(=O)c2ccc(OC)cc2)c(=O)c2cc(F)c(N3C[C@H](C)C[C@H](C)C3)cc21. The number of piperidine rings is 1. The van der Waals surface area contributed by atoms with Crippen molar-refractivity contribution in [1.82, 2.24) is 4.57 Å². The second-order valence-electron chi connectivity index (χ2n) is 8.96. The Morgan fingerprint density at radius 2 is 1.73 bits per heavy atom. The van der Waals surface area contributed by atoms with Crippen molar-refractivity contribution >= 4 is 26.4 Å². The summed E-state index contributed by atoms with van der Waals surface area (Å²) in [4.78, 5) is 14.9. The number of aryl methyl sites for hydroxylation is 1. The molecule has 1 fully saturated rings. The molecule has 1 aliphatic heterocycles. The van der Waals surface area contributed by atoms with Crippen LogP contribution in [-0.2, 0) is 16.4 Å². The third-order valence-corrected chi connectivity index (χ3v) is 8.09. The number of nitrogens with zero attached hydrogens (tertiary/aromatic N) is 2. The van der Waals surface area contributed by atoms with E-state index in [1.54, 1.807) is 10.6 Å². The number of ether oxygens (including phenoxy) is 1. The van der Waals surface area contributed by atoms with E-state index in [2.05, 4.69) is 13.8 Å². The first kappa shape index (κ1) is 23.3. The Hall–Kier alpha value is -2.87. The van der Waals surface area contributed by atoms with Crippen LogP contribution in [0.25, 0.3) is 10.9 Å². The third-order valence-electron chi connectivity index (χ3n) is 6.33. The molecule has 1 saturated heterocycles. The van der Waals surface area contributed by atoms with E-state index in [0.717, 1.165) is 19.5 Å². The number of rotatable bonds is 5. The number of halogens is 1. The molecule has 0 unspecified atom stereocenters. The fourth-order valence-electron chi connectivity index (χ4n) is 4.81. The first-order chi connectivity index (χ1) is 15.6. The lowest BCUT2D eigenvalue weighted by Gasteiger charge is -2.37. The topological polar surface area (TPSA) is 68.6 Å². The van der Waals surface area contributed by atoms with Crippen molar-refractivity contribution in [3.05, 3.63) is 58.6 Å². The zero-order valence-corrected chi connectivity index (χ0v) is 20.2. The molecule has 3 aromatic rings. The lowest BCUT2D eigenvalue weighted by molar-refractivity contribution is 0.354. The van der Waals surface area contributed by atoms with Crippen molar-refractivity contribution in [2.45, 2.75) is 43.5 Å². The normalized spacial score (nSPS) is 19.1. The molecule has 0 bridgehead atoms. The van der Waals surface area contributed by atoms with Crippen LogP contribution in [0.4, 0.5) is 10.1 Å². The minimum absolute atomic E-state index is 0.0178. The van der Waals surface area contributed by atoms with E-state index in [9.17, 15) is 13.2 Å². The van der Waals surface area contributed by atoms with Gasteiger partial charge in [-0.25, -0.2) is 12.8 Å². The molecule has 176 valence electrons. The van der Waals surface area contributed by atoms with E-state index in [-0.39, 0.29) is 15.2 Å². The third kappa shape index (κ3) is 4.24. The summed E-state index contributed by atoms with van der Waals surface area (Å²) >= 11 is 0. The summed E-state index contributed by atoms with van der Waals surface area (Å²) in [7, 11) is -2.61. The molecule has 2 heterocycles. The number of methoxy groups -OCH3 is 1. The Balaban J connectivity index is 1.88. The van der Waals surface area contributed by atoms with E-state index in [1.165, 1.54) is 43.6 Å². The molecule has 0 amide bonds. The maximum atomic E-state index is 15.3. The van der Waals surface area contributed by atoms with E-state index < -0.39 is 21.1 Å². The van der Waals surface area contributed by atoms with Gasteiger partial charge in [-0.15, -0.1) is 0 Å². The number of fused-ring (bicyclic) bond motifs is 1. The first-order valence-corrected chi connectivity index (χ1v) is 12.6. The van der Waals surface area contributed by atoms with Crippen LogP contribution in [-0.4, -0.2) is 33.2 Å². The van der Waals surface area contributed by atoms with Crippen molar-refractivity contribution in [3.63, 3.8) is 0 Å². The number of aromatic nitrogens is 1. The predicted octanol–water partition coefficient (Wildman–Crippen LogP) is 4.48. The van der Waals surface area contributed by atoms with E-state index in [4.69, 9.17) is 4.74 Å². The quantitative estimate of drug-likeness (QED) is 0.548. The highest BCUT2D eigenvalue weighted by Gasteiger charge is 2.27. The van der Waals surface area contributed by atoms with Crippen LogP contribution >= 0.6 is 0 Å². The number of benzene rings is 2. The summed E-state index contributed by atoms with van der Waals surface area (Å²) in [6.45, 7) is 8.08. The zero-order valence-electron chi connectivity index (χ0n) is 19.3. The molecule has 0 spiro atoms. The van der Waals surface area contributed by atoms with Gasteiger partial charge in [0.25, 0.3) is 0 Å². The van der Waals surface area contributed by atoms with Gasteiger partial charge in [0.2, 0.25) is 15.3 Å². The summed E-state index contributed by atoms with van der Waals surface area (Å²) < 4.78 is 48.6. The van der Waals surface area contributed by atoms with Gasteiger partial charge in [0.15, 0.2) is 0 Å². The molecule has 0 radical (unpaired) electrons.